The molecule has 1 saturated heterocycles. The predicted octanol–water partition coefficient (Wildman–Crippen LogP) is 4.55. The lowest BCUT2D eigenvalue weighted by Crippen LogP contribution is -2.54. The normalized spacial score (nSPS) is 13.4. The zero-order valence-electron chi connectivity index (χ0n) is 15.9. The van der Waals surface area contributed by atoms with Crippen molar-refractivity contribution in [2.24, 2.45) is 5.92 Å². The van der Waals surface area contributed by atoms with Crippen LogP contribution in [0.4, 0.5) is 5.69 Å². The summed E-state index contributed by atoms with van der Waals surface area (Å²) in [4.78, 5) is 26.5. The monoisotopic (exact) mass is 422 g/mol. The zero-order chi connectivity index (χ0) is 21.1. The van der Waals surface area contributed by atoms with Gasteiger partial charge in [-0.05, 0) is 60.7 Å². The highest BCUT2D eigenvalue weighted by Crippen LogP contribution is 2.26. The lowest BCUT2D eigenvalue weighted by Gasteiger charge is -2.38. The molecule has 0 bridgehead atoms. The summed E-state index contributed by atoms with van der Waals surface area (Å²) in [5.41, 5.74) is 1.11. The lowest BCUT2D eigenvalue weighted by atomic mass is 9.97. The van der Waals surface area contributed by atoms with Crippen LogP contribution in [0.1, 0.15) is 10.4 Å². The Morgan fingerprint density at radius 2 is 1.67 bits per heavy atom. The van der Waals surface area contributed by atoms with Gasteiger partial charge in [-0.1, -0.05) is 17.7 Å². The fraction of sp³-hybridized carbons (Fsp3) is 0.130. The maximum atomic E-state index is 12.5. The lowest BCUT2D eigenvalue weighted by molar-refractivity contribution is -0.123. The van der Waals surface area contributed by atoms with E-state index >= 15 is 0 Å². The Kier molecular flexibility index (Phi) is 5.59. The zero-order valence-corrected chi connectivity index (χ0v) is 16.7. The van der Waals surface area contributed by atoms with Crippen LogP contribution >= 0.6 is 11.6 Å². The van der Waals surface area contributed by atoms with Crippen molar-refractivity contribution in [3.05, 3.63) is 83.4 Å². The first-order valence-electron chi connectivity index (χ1n) is 9.40. The van der Waals surface area contributed by atoms with E-state index in [0.29, 0.717) is 40.9 Å². The number of hydrogen-bond donors (Lipinski definition) is 2. The number of ether oxygens (including phenoxy) is 1. The number of nitrogens with zero attached hydrogens (tertiary/aromatic N) is 1. The van der Waals surface area contributed by atoms with E-state index in [4.69, 9.17) is 16.3 Å². The number of rotatable bonds is 5. The summed E-state index contributed by atoms with van der Waals surface area (Å²) >= 11 is 5.88. The van der Waals surface area contributed by atoms with Crippen LogP contribution in [0.5, 0.6) is 17.2 Å². The van der Waals surface area contributed by atoms with Crippen LogP contribution in [0.3, 0.4) is 0 Å². The number of anilines is 1. The quantitative estimate of drug-likeness (QED) is 0.632. The van der Waals surface area contributed by atoms with Crippen molar-refractivity contribution in [2.45, 2.75) is 0 Å². The second-order valence-electron chi connectivity index (χ2n) is 7.03. The van der Waals surface area contributed by atoms with E-state index in [-0.39, 0.29) is 23.5 Å². The summed E-state index contributed by atoms with van der Waals surface area (Å²) in [6.07, 6.45) is 0. The summed E-state index contributed by atoms with van der Waals surface area (Å²) in [5, 5.41) is 12.8. The molecule has 0 radical (unpaired) electrons. The van der Waals surface area contributed by atoms with Gasteiger partial charge in [0.2, 0.25) is 5.91 Å². The van der Waals surface area contributed by atoms with Crippen LogP contribution in [0.15, 0.2) is 72.8 Å². The molecule has 0 aromatic heterocycles. The smallest absolute Gasteiger partial charge is 0.253 e. The number of likely N-dealkylation sites (tertiary alicyclic amines) is 1. The van der Waals surface area contributed by atoms with Crippen LogP contribution < -0.4 is 10.1 Å². The second kappa shape index (κ2) is 8.47. The van der Waals surface area contributed by atoms with E-state index in [9.17, 15) is 14.7 Å². The molecule has 3 aromatic rings. The van der Waals surface area contributed by atoms with Crippen molar-refractivity contribution >= 4 is 29.1 Å². The Balaban J connectivity index is 1.32. The molecule has 2 amide bonds. The first-order valence-corrected chi connectivity index (χ1v) is 9.78. The van der Waals surface area contributed by atoms with Gasteiger partial charge in [-0.2, -0.15) is 0 Å². The molecule has 0 spiro atoms. The van der Waals surface area contributed by atoms with Crippen molar-refractivity contribution in [3.8, 4) is 17.2 Å². The molecular formula is C23H19ClN2O4. The third-order valence-corrected chi connectivity index (χ3v) is 5.06. The minimum atomic E-state index is -0.271. The molecule has 7 heteroatoms. The van der Waals surface area contributed by atoms with Gasteiger partial charge in [-0.25, -0.2) is 0 Å². The molecule has 4 rings (SSSR count). The molecule has 0 atom stereocenters. The van der Waals surface area contributed by atoms with Gasteiger partial charge in [-0.3, -0.25) is 9.59 Å². The van der Waals surface area contributed by atoms with E-state index in [1.54, 1.807) is 65.6 Å². The molecule has 1 fully saturated rings. The van der Waals surface area contributed by atoms with Gasteiger partial charge < -0.3 is 20.1 Å². The number of phenolic OH excluding ortho intramolecular Hbond substituents is 1. The fourth-order valence-corrected chi connectivity index (χ4v) is 3.24. The van der Waals surface area contributed by atoms with Gasteiger partial charge >= 0.3 is 0 Å². The second-order valence-corrected chi connectivity index (χ2v) is 7.46. The van der Waals surface area contributed by atoms with Crippen molar-refractivity contribution in [1.29, 1.82) is 0 Å². The topological polar surface area (TPSA) is 78.9 Å². The Labute approximate surface area is 178 Å². The first kappa shape index (κ1) is 19.8. The number of halogens is 1. The number of hydrogen-bond acceptors (Lipinski definition) is 4. The van der Waals surface area contributed by atoms with E-state index < -0.39 is 0 Å². The SMILES string of the molecule is O=C(Nc1cccc(Oc2ccc(Cl)cc2)c1)C1CN(C(=O)c2ccc(O)cc2)C1. The van der Waals surface area contributed by atoms with Gasteiger partial charge in [0.1, 0.15) is 17.2 Å². The maximum absolute atomic E-state index is 12.5. The number of carbonyl (C=O) groups excluding carboxylic acids is 2. The number of phenols is 1. The summed E-state index contributed by atoms with van der Waals surface area (Å²) in [5.74, 6) is 0.769. The molecule has 6 nitrogen and oxygen atoms in total. The molecule has 0 aliphatic carbocycles. The minimum Gasteiger partial charge on any atom is -0.508 e. The van der Waals surface area contributed by atoms with Crippen molar-refractivity contribution in [1.82, 2.24) is 4.90 Å². The Bertz CT molecular complexity index is 1060. The maximum Gasteiger partial charge on any atom is 0.253 e. The largest absolute Gasteiger partial charge is 0.508 e. The number of aromatic hydroxyl groups is 1. The van der Waals surface area contributed by atoms with Crippen LogP contribution in [0.25, 0.3) is 0 Å². The van der Waals surface area contributed by atoms with Crippen LogP contribution in [-0.2, 0) is 4.79 Å². The van der Waals surface area contributed by atoms with Crippen LogP contribution in [0, 0.1) is 5.92 Å². The number of amides is 2. The summed E-state index contributed by atoms with van der Waals surface area (Å²) < 4.78 is 5.78. The minimum absolute atomic E-state index is 0.106. The fourth-order valence-electron chi connectivity index (χ4n) is 3.12. The molecule has 1 heterocycles. The molecule has 0 saturated carbocycles. The standard InChI is InChI=1S/C23H19ClN2O4/c24-17-6-10-20(11-7-17)30-21-3-1-2-18(12-21)25-22(28)16-13-26(14-16)23(29)15-4-8-19(27)9-5-15/h1-12,16,27H,13-14H2,(H,25,28). The molecule has 3 aromatic carbocycles. The highest BCUT2D eigenvalue weighted by Gasteiger charge is 2.36. The Morgan fingerprint density at radius 3 is 2.37 bits per heavy atom. The third-order valence-electron chi connectivity index (χ3n) is 4.80. The third kappa shape index (κ3) is 4.55. The van der Waals surface area contributed by atoms with Crippen molar-refractivity contribution in [2.75, 3.05) is 18.4 Å². The van der Waals surface area contributed by atoms with Crippen molar-refractivity contribution < 1.29 is 19.4 Å². The molecule has 30 heavy (non-hydrogen) atoms. The predicted molar refractivity (Wildman–Crippen MR) is 114 cm³/mol. The van der Waals surface area contributed by atoms with Gasteiger partial charge in [0.15, 0.2) is 0 Å². The average molecular weight is 423 g/mol. The molecular weight excluding hydrogens is 404 g/mol. The van der Waals surface area contributed by atoms with Gasteiger partial charge in [0, 0.05) is 35.4 Å². The first-order chi connectivity index (χ1) is 14.5. The van der Waals surface area contributed by atoms with E-state index in [2.05, 4.69) is 5.32 Å². The molecule has 2 N–H and O–H groups in total. The van der Waals surface area contributed by atoms with Gasteiger partial charge in [0.05, 0.1) is 5.92 Å². The van der Waals surface area contributed by atoms with Crippen LogP contribution in [0.2, 0.25) is 5.02 Å². The number of nitrogens with one attached hydrogen (secondary N) is 1. The van der Waals surface area contributed by atoms with Gasteiger partial charge in [-0.15, -0.1) is 0 Å². The summed E-state index contributed by atoms with van der Waals surface area (Å²) in [7, 11) is 0. The van der Waals surface area contributed by atoms with Crippen molar-refractivity contribution in [3.63, 3.8) is 0 Å². The highest BCUT2D eigenvalue weighted by atomic mass is 35.5. The summed E-state index contributed by atoms with van der Waals surface area (Å²) in [6.45, 7) is 0.707. The molecule has 0 unspecified atom stereocenters. The number of carbonyl (C=O) groups is 2. The van der Waals surface area contributed by atoms with Gasteiger partial charge in [0.25, 0.3) is 5.91 Å². The highest BCUT2D eigenvalue weighted by molar-refractivity contribution is 6.30. The summed E-state index contributed by atoms with van der Waals surface area (Å²) in [6, 6.07) is 20.2. The van der Waals surface area contributed by atoms with Crippen LogP contribution in [-0.4, -0.2) is 34.9 Å². The number of benzene rings is 3. The van der Waals surface area contributed by atoms with E-state index in [1.165, 1.54) is 12.1 Å². The van der Waals surface area contributed by atoms with E-state index in [0.717, 1.165) is 0 Å². The molecule has 1 aliphatic heterocycles. The Hall–Kier alpha value is -3.51. The van der Waals surface area contributed by atoms with E-state index in [1.807, 2.05) is 0 Å². The molecule has 152 valence electrons. The molecule has 1 aliphatic rings. The average Bonchev–Trinajstić information content (AvgIpc) is 2.69. The Morgan fingerprint density at radius 1 is 0.967 bits per heavy atom.